The zero-order valence-corrected chi connectivity index (χ0v) is 12.2. The lowest BCUT2D eigenvalue weighted by Crippen LogP contribution is -2.43. The monoisotopic (exact) mass is 258 g/mol. The Morgan fingerprint density at radius 3 is 2.68 bits per heavy atom. The van der Waals surface area contributed by atoms with Gasteiger partial charge in [-0.25, -0.2) is 0 Å². The minimum atomic E-state index is 0.332. The highest BCUT2D eigenvalue weighted by Gasteiger charge is 2.40. The van der Waals surface area contributed by atoms with Gasteiger partial charge in [-0.15, -0.1) is 0 Å². The van der Waals surface area contributed by atoms with Gasteiger partial charge in [-0.05, 0) is 41.7 Å². The van der Waals surface area contributed by atoms with Crippen molar-refractivity contribution in [3.8, 4) is 0 Å². The van der Waals surface area contributed by atoms with E-state index in [4.69, 9.17) is 5.73 Å². The summed E-state index contributed by atoms with van der Waals surface area (Å²) in [6.07, 6.45) is 3.77. The quantitative estimate of drug-likeness (QED) is 0.884. The first-order chi connectivity index (χ1) is 9.06. The van der Waals surface area contributed by atoms with Crippen LogP contribution in [-0.4, -0.2) is 24.0 Å². The minimum absolute atomic E-state index is 0.332. The molecule has 0 aromatic heterocycles. The van der Waals surface area contributed by atoms with Crippen LogP contribution < -0.4 is 5.73 Å². The highest BCUT2D eigenvalue weighted by atomic mass is 15.1. The van der Waals surface area contributed by atoms with Gasteiger partial charge in [0.05, 0.1) is 0 Å². The molecule has 0 spiro atoms. The maximum atomic E-state index is 6.44. The van der Waals surface area contributed by atoms with E-state index in [-0.39, 0.29) is 0 Å². The summed E-state index contributed by atoms with van der Waals surface area (Å²) in [5.41, 5.74) is 9.82. The molecule has 1 aliphatic heterocycles. The highest BCUT2D eigenvalue weighted by Crippen LogP contribution is 2.40. The first kappa shape index (κ1) is 13.1. The summed E-state index contributed by atoms with van der Waals surface area (Å²) in [6.45, 7) is 8.13. The van der Waals surface area contributed by atoms with Crippen LogP contribution in [0.3, 0.4) is 0 Å². The molecular weight excluding hydrogens is 232 g/mol. The minimum Gasteiger partial charge on any atom is -0.327 e. The number of fused-ring (bicyclic) bond motifs is 1. The Labute approximate surface area is 117 Å². The molecule has 104 valence electrons. The Morgan fingerprint density at radius 1 is 1.26 bits per heavy atom. The van der Waals surface area contributed by atoms with E-state index in [2.05, 4.69) is 43.0 Å². The largest absolute Gasteiger partial charge is 0.327 e. The SMILES string of the molecule is CC1(C)CCC(CN2CCc3ccccc3C2)C1N. The molecule has 0 bridgehead atoms. The predicted octanol–water partition coefficient (Wildman–Crippen LogP) is 2.81. The second-order valence-electron chi connectivity index (χ2n) is 7.07. The number of nitrogens with zero attached hydrogens (tertiary/aromatic N) is 1. The Hall–Kier alpha value is -0.860. The van der Waals surface area contributed by atoms with Crippen LogP contribution in [0.1, 0.15) is 37.8 Å². The molecular formula is C17H26N2. The van der Waals surface area contributed by atoms with Crippen molar-refractivity contribution < 1.29 is 0 Å². The number of benzene rings is 1. The Balaban J connectivity index is 1.64. The van der Waals surface area contributed by atoms with Gasteiger partial charge >= 0.3 is 0 Å². The number of hydrogen-bond donors (Lipinski definition) is 1. The van der Waals surface area contributed by atoms with Crippen molar-refractivity contribution in [1.82, 2.24) is 4.90 Å². The van der Waals surface area contributed by atoms with E-state index in [0.717, 1.165) is 6.54 Å². The Kier molecular flexibility index (Phi) is 3.40. The average molecular weight is 258 g/mol. The van der Waals surface area contributed by atoms with Gasteiger partial charge in [0.2, 0.25) is 0 Å². The van der Waals surface area contributed by atoms with Crippen LogP contribution in [0.15, 0.2) is 24.3 Å². The van der Waals surface area contributed by atoms with Gasteiger partial charge in [0, 0.05) is 25.7 Å². The van der Waals surface area contributed by atoms with Crippen LogP contribution >= 0.6 is 0 Å². The van der Waals surface area contributed by atoms with Gasteiger partial charge in [0.25, 0.3) is 0 Å². The van der Waals surface area contributed by atoms with Gasteiger partial charge in [-0.3, -0.25) is 4.90 Å². The second-order valence-corrected chi connectivity index (χ2v) is 7.07. The molecule has 19 heavy (non-hydrogen) atoms. The summed E-state index contributed by atoms with van der Waals surface area (Å²) < 4.78 is 0. The Morgan fingerprint density at radius 2 is 2.00 bits per heavy atom. The fourth-order valence-corrected chi connectivity index (χ4v) is 3.79. The molecule has 1 fully saturated rings. The maximum absolute atomic E-state index is 6.44. The Bertz CT molecular complexity index is 452. The van der Waals surface area contributed by atoms with Gasteiger partial charge in [0.1, 0.15) is 0 Å². The van der Waals surface area contributed by atoms with Crippen molar-refractivity contribution in [3.63, 3.8) is 0 Å². The molecule has 2 atom stereocenters. The summed E-state index contributed by atoms with van der Waals surface area (Å²) in [4.78, 5) is 2.61. The summed E-state index contributed by atoms with van der Waals surface area (Å²) >= 11 is 0. The zero-order valence-electron chi connectivity index (χ0n) is 12.2. The third kappa shape index (κ3) is 2.56. The van der Waals surface area contributed by atoms with E-state index in [1.165, 1.54) is 43.5 Å². The predicted molar refractivity (Wildman–Crippen MR) is 79.9 cm³/mol. The number of hydrogen-bond acceptors (Lipinski definition) is 2. The number of nitrogens with two attached hydrogens (primary N) is 1. The summed E-state index contributed by atoms with van der Waals surface area (Å²) in [6, 6.07) is 9.23. The molecule has 1 heterocycles. The maximum Gasteiger partial charge on any atom is 0.0236 e. The topological polar surface area (TPSA) is 29.3 Å². The van der Waals surface area contributed by atoms with Crippen molar-refractivity contribution >= 4 is 0 Å². The normalized spacial score (nSPS) is 30.3. The van der Waals surface area contributed by atoms with Crippen LogP contribution in [0, 0.1) is 11.3 Å². The fraction of sp³-hybridized carbons (Fsp3) is 0.647. The smallest absolute Gasteiger partial charge is 0.0236 e. The molecule has 2 N–H and O–H groups in total. The lowest BCUT2D eigenvalue weighted by Gasteiger charge is -2.33. The first-order valence-electron chi connectivity index (χ1n) is 7.61. The molecule has 2 unspecified atom stereocenters. The van der Waals surface area contributed by atoms with Gasteiger partial charge in [0.15, 0.2) is 0 Å². The number of rotatable bonds is 2. The van der Waals surface area contributed by atoms with E-state index < -0.39 is 0 Å². The molecule has 2 aliphatic rings. The van der Waals surface area contributed by atoms with Gasteiger partial charge in [-0.2, -0.15) is 0 Å². The molecule has 3 rings (SSSR count). The first-order valence-corrected chi connectivity index (χ1v) is 7.61. The molecule has 1 aromatic rings. The molecule has 1 aromatic carbocycles. The lowest BCUT2D eigenvalue weighted by molar-refractivity contribution is 0.191. The van der Waals surface area contributed by atoms with E-state index >= 15 is 0 Å². The van der Waals surface area contributed by atoms with Crippen LogP contribution in [-0.2, 0) is 13.0 Å². The van der Waals surface area contributed by atoms with Crippen molar-refractivity contribution in [2.75, 3.05) is 13.1 Å². The van der Waals surface area contributed by atoms with Crippen molar-refractivity contribution in [2.24, 2.45) is 17.1 Å². The van der Waals surface area contributed by atoms with Crippen molar-refractivity contribution in [3.05, 3.63) is 35.4 Å². The van der Waals surface area contributed by atoms with E-state index in [9.17, 15) is 0 Å². The molecule has 2 nitrogen and oxygen atoms in total. The van der Waals surface area contributed by atoms with Gasteiger partial charge in [-0.1, -0.05) is 38.1 Å². The third-order valence-corrected chi connectivity index (χ3v) is 5.27. The summed E-state index contributed by atoms with van der Waals surface area (Å²) in [7, 11) is 0. The van der Waals surface area contributed by atoms with E-state index in [1.807, 2.05) is 0 Å². The third-order valence-electron chi connectivity index (χ3n) is 5.27. The van der Waals surface area contributed by atoms with Crippen LogP contribution in [0.5, 0.6) is 0 Å². The summed E-state index contributed by atoms with van der Waals surface area (Å²) in [5.74, 6) is 0.681. The molecule has 0 amide bonds. The van der Waals surface area contributed by atoms with E-state index in [0.29, 0.717) is 17.4 Å². The van der Waals surface area contributed by atoms with Crippen molar-refractivity contribution in [2.45, 2.75) is 45.7 Å². The standard InChI is InChI=1S/C17H26N2/c1-17(2)9-7-15(16(17)18)12-19-10-8-13-5-3-4-6-14(13)11-19/h3-6,15-16H,7-12,18H2,1-2H3. The highest BCUT2D eigenvalue weighted by molar-refractivity contribution is 5.29. The second kappa shape index (κ2) is 4.92. The van der Waals surface area contributed by atoms with Crippen LogP contribution in [0.25, 0.3) is 0 Å². The van der Waals surface area contributed by atoms with Gasteiger partial charge < -0.3 is 5.73 Å². The average Bonchev–Trinajstić information content (AvgIpc) is 2.66. The summed E-state index contributed by atoms with van der Waals surface area (Å²) in [5, 5.41) is 0. The zero-order chi connectivity index (χ0) is 13.5. The molecule has 0 saturated heterocycles. The molecule has 1 aliphatic carbocycles. The van der Waals surface area contributed by atoms with Crippen LogP contribution in [0.2, 0.25) is 0 Å². The van der Waals surface area contributed by atoms with Crippen LogP contribution in [0.4, 0.5) is 0 Å². The molecule has 0 radical (unpaired) electrons. The lowest BCUT2D eigenvalue weighted by atomic mass is 9.85. The molecule has 2 heteroatoms. The van der Waals surface area contributed by atoms with E-state index in [1.54, 1.807) is 0 Å². The molecule has 1 saturated carbocycles. The fourth-order valence-electron chi connectivity index (χ4n) is 3.79. The van der Waals surface area contributed by atoms with Crippen molar-refractivity contribution in [1.29, 1.82) is 0 Å².